The lowest BCUT2D eigenvalue weighted by molar-refractivity contribution is -0.138. The lowest BCUT2D eigenvalue weighted by Crippen LogP contribution is -2.23. The molecule has 1 unspecified atom stereocenters. The van der Waals surface area contributed by atoms with Gasteiger partial charge in [-0.3, -0.25) is 9.59 Å². The molecule has 2 rings (SSSR count). The lowest BCUT2D eigenvalue weighted by atomic mass is 9.80. The van der Waals surface area contributed by atoms with Gasteiger partial charge in [0.25, 0.3) is 0 Å². The van der Waals surface area contributed by atoms with Gasteiger partial charge in [-0.2, -0.15) is 0 Å². The Morgan fingerprint density at radius 3 is 2.78 bits per heavy atom. The molecule has 5 heteroatoms. The van der Waals surface area contributed by atoms with Crippen LogP contribution in [-0.2, 0) is 10.2 Å². The summed E-state index contributed by atoms with van der Waals surface area (Å²) in [5.41, 5.74) is -0.568. The minimum atomic E-state index is -1.02. The minimum Gasteiger partial charge on any atom is -0.496 e. The number of halogens is 1. The zero-order chi connectivity index (χ0) is 13.5. The van der Waals surface area contributed by atoms with Crippen molar-refractivity contribution in [3.8, 4) is 5.75 Å². The van der Waals surface area contributed by atoms with E-state index in [2.05, 4.69) is 0 Å². The Morgan fingerprint density at radius 2 is 2.22 bits per heavy atom. The molecule has 1 N–H and O–H groups in total. The number of carbonyl (C=O) groups excluding carboxylic acids is 1. The first-order valence-corrected chi connectivity index (χ1v) is 5.51. The van der Waals surface area contributed by atoms with Crippen molar-refractivity contribution in [2.75, 3.05) is 7.11 Å². The molecule has 0 spiro atoms. The molecule has 0 bridgehead atoms. The third-order valence-electron chi connectivity index (χ3n) is 3.31. The Labute approximate surface area is 103 Å². The number of Topliss-reactive ketones (excluding diaryl/α,β-unsaturated/α-hetero) is 1. The van der Waals surface area contributed by atoms with Crippen molar-refractivity contribution in [1.82, 2.24) is 0 Å². The van der Waals surface area contributed by atoms with Gasteiger partial charge >= 0.3 is 5.97 Å². The van der Waals surface area contributed by atoms with Gasteiger partial charge in [0.1, 0.15) is 11.6 Å². The number of carboxylic acids is 1. The van der Waals surface area contributed by atoms with Gasteiger partial charge in [-0.05, 0) is 12.1 Å². The average Bonchev–Trinajstić information content (AvgIpc) is 2.51. The number of methoxy groups -OCH3 is 1. The van der Waals surface area contributed by atoms with Crippen LogP contribution in [0.3, 0.4) is 0 Å². The van der Waals surface area contributed by atoms with E-state index >= 15 is 0 Å². The average molecular weight is 252 g/mol. The Morgan fingerprint density at radius 1 is 1.56 bits per heavy atom. The summed E-state index contributed by atoms with van der Waals surface area (Å²) in [5.74, 6) is -1.65. The normalized spacial score (nSPS) is 21.8. The molecule has 0 saturated heterocycles. The second-order valence-corrected chi connectivity index (χ2v) is 4.73. The number of ketones is 1. The largest absolute Gasteiger partial charge is 0.496 e. The fraction of sp³-hybridized carbons (Fsp3) is 0.385. The summed E-state index contributed by atoms with van der Waals surface area (Å²) >= 11 is 0. The van der Waals surface area contributed by atoms with E-state index in [1.807, 2.05) is 0 Å². The first kappa shape index (κ1) is 12.5. The van der Waals surface area contributed by atoms with Crippen molar-refractivity contribution in [2.45, 2.75) is 25.2 Å². The number of ether oxygens (including phenoxy) is 1. The van der Waals surface area contributed by atoms with Gasteiger partial charge in [0, 0.05) is 17.4 Å². The highest BCUT2D eigenvalue weighted by atomic mass is 19.1. The summed E-state index contributed by atoms with van der Waals surface area (Å²) in [6.07, 6.45) is -0.239. The molecule has 4 nitrogen and oxygen atoms in total. The molecule has 0 aromatic heterocycles. The first-order valence-electron chi connectivity index (χ1n) is 5.51. The Hall–Kier alpha value is -1.91. The third-order valence-corrected chi connectivity index (χ3v) is 3.31. The van der Waals surface area contributed by atoms with E-state index in [0.29, 0.717) is 11.3 Å². The SMILES string of the molecule is COc1ccc(F)c2c1C(C)(CC(=O)O)CC2=O. The summed E-state index contributed by atoms with van der Waals surface area (Å²) in [4.78, 5) is 22.8. The van der Waals surface area contributed by atoms with Gasteiger partial charge in [0.2, 0.25) is 0 Å². The summed E-state index contributed by atoms with van der Waals surface area (Å²) in [6, 6.07) is 2.59. The van der Waals surface area contributed by atoms with Crippen LogP contribution in [0.25, 0.3) is 0 Å². The maximum Gasteiger partial charge on any atom is 0.304 e. The predicted molar refractivity (Wildman–Crippen MR) is 61.5 cm³/mol. The molecular weight excluding hydrogens is 239 g/mol. The minimum absolute atomic E-state index is 0.00801. The van der Waals surface area contributed by atoms with Crippen LogP contribution < -0.4 is 4.74 Å². The van der Waals surface area contributed by atoms with E-state index in [0.717, 1.165) is 0 Å². The number of benzene rings is 1. The molecule has 0 saturated carbocycles. The number of aliphatic carboxylic acids is 1. The number of carbonyl (C=O) groups is 2. The summed E-state index contributed by atoms with van der Waals surface area (Å²) in [7, 11) is 1.41. The molecule has 1 atom stereocenters. The first-order chi connectivity index (χ1) is 8.39. The molecule has 96 valence electrons. The van der Waals surface area contributed by atoms with Crippen LogP contribution >= 0.6 is 0 Å². The number of hydrogen-bond donors (Lipinski definition) is 1. The quantitative estimate of drug-likeness (QED) is 0.895. The van der Waals surface area contributed by atoms with Crippen LogP contribution in [-0.4, -0.2) is 24.0 Å². The van der Waals surface area contributed by atoms with Crippen molar-refractivity contribution in [3.05, 3.63) is 29.1 Å². The van der Waals surface area contributed by atoms with Crippen molar-refractivity contribution in [3.63, 3.8) is 0 Å². The van der Waals surface area contributed by atoms with E-state index in [4.69, 9.17) is 9.84 Å². The third kappa shape index (κ3) is 1.75. The fourth-order valence-corrected chi connectivity index (χ4v) is 2.62. The highest BCUT2D eigenvalue weighted by molar-refractivity contribution is 6.03. The molecule has 18 heavy (non-hydrogen) atoms. The highest BCUT2D eigenvalue weighted by Gasteiger charge is 2.45. The smallest absolute Gasteiger partial charge is 0.304 e. The van der Waals surface area contributed by atoms with Gasteiger partial charge in [-0.1, -0.05) is 6.92 Å². The van der Waals surface area contributed by atoms with E-state index in [1.165, 1.54) is 19.2 Å². The summed E-state index contributed by atoms with van der Waals surface area (Å²) in [5, 5.41) is 8.94. The molecule has 1 aromatic rings. The zero-order valence-corrected chi connectivity index (χ0v) is 10.1. The lowest BCUT2D eigenvalue weighted by Gasteiger charge is -2.24. The molecule has 0 heterocycles. The zero-order valence-electron chi connectivity index (χ0n) is 10.1. The fourth-order valence-electron chi connectivity index (χ4n) is 2.62. The molecule has 1 aromatic carbocycles. The number of fused-ring (bicyclic) bond motifs is 1. The maximum atomic E-state index is 13.7. The predicted octanol–water partition coefficient (Wildman–Crippen LogP) is 2.15. The van der Waals surface area contributed by atoms with E-state index < -0.39 is 17.2 Å². The van der Waals surface area contributed by atoms with Gasteiger partial charge in [0.15, 0.2) is 5.78 Å². The van der Waals surface area contributed by atoms with Gasteiger partial charge in [-0.25, -0.2) is 4.39 Å². The molecule has 1 aliphatic rings. The van der Waals surface area contributed by atoms with Crippen molar-refractivity contribution >= 4 is 11.8 Å². The Balaban J connectivity index is 2.66. The van der Waals surface area contributed by atoms with E-state index in [1.54, 1.807) is 6.92 Å². The van der Waals surface area contributed by atoms with Crippen molar-refractivity contribution in [2.24, 2.45) is 0 Å². The van der Waals surface area contributed by atoms with E-state index in [-0.39, 0.29) is 24.2 Å². The maximum absolute atomic E-state index is 13.7. The van der Waals surface area contributed by atoms with Crippen LogP contribution in [0, 0.1) is 5.82 Å². The number of carboxylic acid groups (broad SMARTS) is 1. The van der Waals surface area contributed by atoms with Crippen LogP contribution in [0.1, 0.15) is 35.7 Å². The number of hydrogen-bond acceptors (Lipinski definition) is 3. The topological polar surface area (TPSA) is 63.6 Å². The Kier molecular flexibility index (Phi) is 2.84. The molecule has 0 radical (unpaired) electrons. The summed E-state index contributed by atoms with van der Waals surface area (Å²) < 4.78 is 18.8. The highest BCUT2D eigenvalue weighted by Crippen LogP contribution is 2.46. The molecular formula is C13H13FO4. The summed E-state index contributed by atoms with van der Waals surface area (Å²) in [6.45, 7) is 1.65. The molecule has 0 amide bonds. The Bertz CT molecular complexity index is 538. The van der Waals surface area contributed by atoms with Gasteiger partial charge in [-0.15, -0.1) is 0 Å². The van der Waals surface area contributed by atoms with Crippen LogP contribution in [0.4, 0.5) is 4.39 Å². The van der Waals surface area contributed by atoms with Gasteiger partial charge in [0.05, 0.1) is 19.1 Å². The molecule has 0 fully saturated rings. The molecule has 1 aliphatic carbocycles. The molecule has 0 aliphatic heterocycles. The van der Waals surface area contributed by atoms with Crippen LogP contribution in [0.2, 0.25) is 0 Å². The number of rotatable bonds is 3. The van der Waals surface area contributed by atoms with Crippen molar-refractivity contribution < 1.29 is 23.8 Å². The second kappa shape index (κ2) is 4.08. The van der Waals surface area contributed by atoms with Crippen LogP contribution in [0.15, 0.2) is 12.1 Å². The second-order valence-electron chi connectivity index (χ2n) is 4.73. The van der Waals surface area contributed by atoms with E-state index in [9.17, 15) is 14.0 Å². The van der Waals surface area contributed by atoms with Crippen molar-refractivity contribution in [1.29, 1.82) is 0 Å². The van der Waals surface area contributed by atoms with Crippen LogP contribution in [0.5, 0.6) is 5.75 Å². The monoisotopic (exact) mass is 252 g/mol. The standard InChI is InChI=1S/C13H13FO4/c1-13(6-10(16)17)5-8(15)11-7(14)3-4-9(18-2)12(11)13/h3-4H,5-6H2,1-2H3,(H,16,17). The van der Waals surface area contributed by atoms with Gasteiger partial charge < -0.3 is 9.84 Å².